The number of H-pyrrole nitrogens is 1. The van der Waals surface area contributed by atoms with Gasteiger partial charge in [-0.2, -0.15) is 5.10 Å². The van der Waals surface area contributed by atoms with Crippen LogP contribution >= 0.6 is 23.4 Å². The fraction of sp³-hybridized carbons (Fsp3) is 0.0556. The highest BCUT2D eigenvalue weighted by Gasteiger charge is 2.08. The Hall–Kier alpha value is -2.57. The van der Waals surface area contributed by atoms with Gasteiger partial charge in [0.2, 0.25) is 5.16 Å². The zero-order chi connectivity index (χ0) is 17.1. The van der Waals surface area contributed by atoms with E-state index in [1.54, 1.807) is 11.8 Å². The zero-order valence-electron chi connectivity index (χ0n) is 13.1. The van der Waals surface area contributed by atoms with Crippen molar-refractivity contribution in [2.45, 2.75) is 10.9 Å². The third-order valence-corrected chi connectivity index (χ3v) is 4.78. The molecule has 2 aromatic heterocycles. The van der Waals surface area contributed by atoms with Gasteiger partial charge in [0.25, 0.3) is 0 Å². The van der Waals surface area contributed by atoms with Crippen molar-refractivity contribution in [3.63, 3.8) is 0 Å². The molecule has 7 heteroatoms. The van der Waals surface area contributed by atoms with E-state index >= 15 is 0 Å². The highest BCUT2D eigenvalue weighted by Crippen LogP contribution is 2.23. The second-order valence-corrected chi connectivity index (χ2v) is 6.77. The van der Waals surface area contributed by atoms with Crippen LogP contribution in [-0.4, -0.2) is 25.0 Å². The van der Waals surface area contributed by atoms with E-state index in [0.29, 0.717) is 10.2 Å². The number of para-hydroxylation sites is 1. The van der Waals surface area contributed by atoms with E-state index in [1.807, 2.05) is 71.7 Å². The molecule has 0 amide bonds. The van der Waals surface area contributed by atoms with Gasteiger partial charge in [-0.3, -0.25) is 5.10 Å². The first-order valence-corrected chi connectivity index (χ1v) is 9.04. The fourth-order valence-electron chi connectivity index (χ4n) is 2.35. The first-order chi connectivity index (χ1) is 12.3. The van der Waals surface area contributed by atoms with Crippen LogP contribution in [0.5, 0.6) is 0 Å². The van der Waals surface area contributed by atoms with Gasteiger partial charge in [-0.25, -0.2) is 9.67 Å². The normalized spacial score (nSPS) is 10.9. The summed E-state index contributed by atoms with van der Waals surface area (Å²) < 4.78 is 1.87. The van der Waals surface area contributed by atoms with Gasteiger partial charge in [-0.15, -0.1) is 5.10 Å². The number of halogens is 1. The van der Waals surface area contributed by atoms with Gasteiger partial charge in [0.15, 0.2) is 5.82 Å². The van der Waals surface area contributed by atoms with Crippen molar-refractivity contribution >= 4 is 23.4 Å². The molecule has 0 saturated heterocycles. The van der Waals surface area contributed by atoms with E-state index in [2.05, 4.69) is 20.3 Å². The van der Waals surface area contributed by atoms with E-state index in [1.165, 1.54) is 0 Å². The van der Waals surface area contributed by atoms with Crippen LogP contribution in [0.2, 0.25) is 5.02 Å². The number of rotatable bonds is 5. The van der Waals surface area contributed by atoms with Gasteiger partial charge < -0.3 is 0 Å². The Morgan fingerprint density at radius 3 is 2.64 bits per heavy atom. The molecule has 1 N–H and O–H groups in total. The Labute approximate surface area is 154 Å². The average Bonchev–Trinajstić information content (AvgIpc) is 3.31. The number of nitrogens with one attached hydrogen (secondary N) is 1. The number of benzene rings is 2. The van der Waals surface area contributed by atoms with Crippen molar-refractivity contribution in [2.24, 2.45) is 0 Å². The van der Waals surface area contributed by atoms with Crippen LogP contribution in [0.15, 0.2) is 72.1 Å². The van der Waals surface area contributed by atoms with Crippen LogP contribution in [0.25, 0.3) is 17.1 Å². The summed E-state index contributed by atoms with van der Waals surface area (Å²) in [6.45, 7) is 0. The number of thioether (sulfide) groups is 1. The molecule has 0 fully saturated rings. The fourth-order valence-corrected chi connectivity index (χ4v) is 3.19. The van der Waals surface area contributed by atoms with E-state index in [-0.39, 0.29) is 0 Å². The largest absolute Gasteiger partial charge is 0.258 e. The Morgan fingerprint density at radius 1 is 1.04 bits per heavy atom. The molecule has 2 heterocycles. The second kappa shape index (κ2) is 7.13. The van der Waals surface area contributed by atoms with Gasteiger partial charge in [0.1, 0.15) is 0 Å². The molecule has 0 unspecified atom stereocenters. The van der Waals surface area contributed by atoms with Gasteiger partial charge >= 0.3 is 0 Å². The first kappa shape index (κ1) is 15.9. The Kier molecular flexibility index (Phi) is 4.54. The lowest BCUT2D eigenvalue weighted by Gasteiger charge is -1.99. The first-order valence-electron chi connectivity index (χ1n) is 7.68. The van der Waals surface area contributed by atoms with Gasteiger partial charge in [-0.05, 0) is 36.4 Å². The van der Waals surface area contributed by atoms with Crippen molar-refractivity contribution < 1.29 is 0 Å². The highest BCUT2D eigenvalue weighted by molar-refractivity contribution is 7.98. The topological polar surface area (TPSA) is 59.4 Å². The molecule has 0 aliphatic rings. The van der Waals surface area contributed by atoms with Crippen LogP contribution in [0.1, 0.15) is 5.56 Å². The lowest BCUT2D eigenvalue weighted by Crippen LogP contribution is -1.92. The molecule has 0 aliphatic heterocycles. The maximum Gasteiger partial charge on any atom is 0.209 e. The smallest absolute Gasteiger partial charge is 0.209 e. The number of hydrogen-bond donors (Lipinski definition) is 1. The van der Waals surface area contributed by atoms with Crippen molar-refractivity contribution in [1.82, 2.24) is 25.0 Å². The van der Waals surface area contributed by atoms with Crippen molar-refractivity contribution in [3.05, 3.63) is 77.6 Å². The molecular weight excluding hydrogens is 354 g/mol. The van der Waals surface area contributed by atoms with Crippen molar-refractivity contribution in [2.75, 3.05) is 0 Å². The van der Waals surface area contributed by atoms with E-state index in [0.717, 1.165) is 28.4 Å². The van der Waals surface area contributed by atoms with Gasteiger partial charge in [-0.1, -0.05) is 41.6 Å². The SMILES string of the molecule is Clc1ccc(-c2nc(SCc3cnn(-c4ccccc4)c3)n[nH]2)cc1. The molecule has 25 heavy (non-hydrogen) atoms. The van der Waals surface area contributed by atoms with Gasteiger partial charge in [0, 0.05) is 28.1 Å². The minimum atomic E-state index is 0.702. The summed E-state index contributed by atoms with van der Waals surface area (Å²) in [6, 6.07) is 17.5. The third-order valence-electron chi connectivity index (χ3n) is 3.61. The minimum Gasteiger partial charge on any atom is -0.258 e. The molecule has 0 aliphatic carbocycles. The molecule has 4 aromatic rings. The highest BCUT2D eigenvalue weighted by atomic mass is 35.5. The molecule has 0 saturated carbocycles. The minimum absolute atomic E-state index is 0.702. The number of hydrogen-bond acceptors (Lipinski definition) is 4. The molecule has 0 spiro atoms. The summed E-state index contributed by atoms with van der Waals surface area (Å²) in [4.78, 5) is 4.52. The summed E-state index contributed by atoms with van der Waals surface area (Å²) >= 11 is 7.48. The van der Waals surface area contributed by atoms with Gasteiger partial charge in [0.05, 0.1) is 11.9 Å². The average molecular weight is 368 g/mol. The monoisotopic (exact) mass is 367 g/mol. The third kappa shape index (κ3) is 3.75. The molecule has 0 radical (unpaired) electrons. The van der Waals surface area contributed by atoms with E-state index in [9.17, 15) is 0 Å². The lowest BCUT2D eigenvalue weighted by atomic mass is 10.2. The van der Waals surface area contributed by atoms with E-state index in [4.69, 9.17) is 11.6 Å². The predicted molar refractivity (Wildman–Crippen MR) is 100.0 cm³/mol. The maximum atomic E-state index is 5.91. The predicted octanol–water partition coefficient (Wildman–Crippen LogP) is 4.60. The molecule has 4 rings (SSSR count). The Morgan fingerprint density at radius 2 is 1.84 bits per heavy atom. The number of aromatic nitrogens is 5. The van der Waals surface area contributed by atoms with Crippen LogP contribution in [0.3, 0.4) is 0 Å². The van der Waals surface area contributed by atoms with Crippen molar-refractivity contribution in [1.29, 1.82) is 0 Å². The molecule has 124 valence electrons. The van der Waals surface area contributed by atoms with Crippen LogP contribution < -0.4 is 0 Å². The molecule has 0 atom stereocenters. The molecular formula is C18H14ClN5S. The second-order valence-electron chi connectivity index (χ2n) is 5.39. The standard InChI is InChI=1S/C18H14ClN5S/c19-15-8-6-14(7-9-15)17-21-18(23-22-17)25-12-13-10-20-24(11-13)16-4-2-1-3-5-16/h1-11H,12H2,(H,21,22,23). The summed E-state index contributed by atoms with van der Waals surface area (Å²) in [5.41, 5.74) is 3.12. The summed E-state index contributed by atoms with van der Waals surface area (Å²) in [7, 11) is 0. The van der Waals surface area contributed by atoms with Crippen LogP contribution in [0.4, 0.5) is 0 Å². The summed E-state index contributed by atoms with van der Waals surface area (Å²) in [6.07, 6.45) is 3.89. The lowest BCUT2D eigenvalue weighted by molar-refractivity contribution is 0.880. The summed E-state index contributed by atoms with van der Waals surface area (Å²) in [5.74, 6) is 1.49. The number of nitrogens with zero attached hydrogens (tertiary/aromatic N) is 4. The molecule has 2 aromatic carbocycles. The quantitative estimate of drug-likeness (QED) is 0.523. The van der Waals surface area contributed by atoms with E-state index < -0.39 is 0 Å². The molecule has 0 bridgehead atoms. The molecule has 5 nitrogen and oxygen atoms in total. The summed E-state index contributed by atoms with van der Waals surface area (Å²) in [5, 5.41) is 13.0. The van der Waals surface area contributed by atoms with Crippen LogP contribution in [0, 0.1) is 0 Å². The van der Waals surface area contributed by atoms with Crippen LogP contribution in [-0.2, 0) is 5.75 Å². The number of aromatic amines is 1. The Balaban J connectivity index is 1.42. The van der Waals surface area contributed by atoms with Crippen molar-refractivity contribution in [3.8, 4) is 17.1 Å². The maximum absolute atomic E-state index is 5.91. The zero-order valence-corrected chi connectivity index (χ0v) is 14.7. The Bertz CT molecular complexity index is 963.